The van der Waals surface area contributed by atoms with Gasteiger partial charge in [0, 0.05) is 16.9 Å². The lowest BCUT2D eigenvalue weighted by Crippen LogP contribution is -2.53. The van der Waals surface area contributed by atoms with Crippen molar-refractivity contribution >= 4 is 23.3 Å². The maximum Gasteiger partial charge on any atom is 0.329 e. The molecule has 2 atom stereocenters. The molecule has 3 aromatic rings. The predicted molar refractivity (Wildman–Crippen MR) is 152 cm³/mol. The zero-order valence-electron chi connectivity index (χ0n) is 22.2. The van der Waals surface area contributed by atoms with Crippen molar-refractivity contribution in [2.75, 3.05) is 11.9 Å². The van der Waals surface area contributed by atoms with Gasteiger partial charge in [0.25, 0.3) is 0 Å². The summed E-state index contributed by atoms with van der Waals surface area (Å²) in [6, 6.07) is 20.0. The average Bonchev–Trinajstić information content (AvgIpc) is 3.21. The number of aromatic nitrogens is 1. The molecular formula is C32H37ClN2O3. The van der Waals surface area contributed by atoms with Gasteiger partial charge < -0.3 is 15.2 Å². The second-order valence-electron chi connectivity index (χ2n) is 11.5. The van der Waals surface area contributed by atoms with E-state index in [1.54, 1.807) is 24.5 Å². The molecule has 0 saturated heterocycles. The Hall–Kier alpha value is -3.05. The van der Waals surface area contributed by atoms with E-state index in [4.69, 9.17) is 16.3 Å². The summed E-state index contributed by atoms with van der Waals surface area (Å²) >= 11 is 6.20. The number of hydrogen-bond donors (Lipinski definition) is 2. The predicted octanol–water partition coefficient (Wildman–Crippen LogP) is 7.40. The smallest absolute Gasteiger partial charge is 0.329 e. The fraction of sp³-hybridized carbons (Fsp3) is 0.438. The Morgan fingerprint density at radius 1 is 1.11 bits per heavy atom. The number of benzene rings is 2. The summed E-state index contributed by atoms with van der Waals surface area (Å²) in [7, 11) is 0. The number of pyridine rings is 1. The van der Waals surface area contributed by atoms with Gasteiger partial charge in [0.15, 0.2) is 0 Å². The van der Waals surface area contributed by atoms with Crippen LogP contribution in [0.1, 0.15) is 57.1 Å². The molecule has 2 N–H and O–H groups in total. The highest BCUT2D eigenvalue weighted by Crippen LogP contribution is 2.56. The summed E-state index contributed by atoms with van der Waals surface area (Å²) in [6.45, 7) is 5.20. The van der Waals surface area contributed by atoms with Gasteiger partial charge in [-0.15, -0.1) is 0 Å². The summed E-state index contributed by atoms with van der Waals surface area (Å²) in [6.07, 6.45) is 8.42. The summed E-state index contributed by atoms with van der Waals surface area (Å²) < 4.78 is 6.17. The molecule has 0 unspecified atom stereocenters. The number of fused-ring (bicyclic) bond motifs is 2. The van der Waals surface area contributed by atoms with Gasteiger partial charge in [0.2, 0.25) is 0 Å². The lowest BCUT2D eigenvalue weighted by molar-refractivity contribution is -0.144. The molecule has 2 aromatic carbocycles. The van der Waals surface area contributed by atoms with E-state index in [0.29, 0.717) is 42.2 Å². The Balaban J connectivity index is 1.38. The largest absolute Gasteiger partial charge is 0.492 e. The van der Waals surface area contributed by atoms with E-state index in [1.165, 1.54) is 11.1 Å². The summed E-state index contributed by atoms with van der Waals surface area (Å²) in [5, 5.41) is 14.4. The van der Waals surface area contributed by atoms with Crippen molar-refractivity contribution in [1.82, 2.24) is 4.98 Å². The highest BCUT2D eigenvalue weighted by Gasteiger charge is 2.54. The van der Waals surface area contributed by atoms with Crippen LogP contribution in [0.25, 0.3) is 0 Å². The number of nitrogens with one attached hydrogen (secondary N) is 1. The van der Waals surface area contributed by atoms with Crippen molar-refractivity contribution in [3.8, 4) is 5.75 Å². The first kappa shape index (κ1) is 26.6. The molecule has 0 aliphatic heterocycles. The molecule has 38 heavy (non-hydrogen) atoms. The van der Waals surface area contributed by atoms with Crippen molar-refractivity contribution in [2.45, 2.75) is 63.3 Å². The first-order valence-electron chi connectivity index (χ1n) is 13.7. The van der Waals surface area contributed by atoms with Crippen molar-refractivity contribution in [3.05, 3.63) is 89.2 Å². The first-order chi connectivity index (χ1) is 18.3. The number of anilines is 1. The van der Waals surface area contributed by atoms with Crippen LogP contribution in [-0.4, -0.2) is 28.2 Å². The van der Waals surface area contributed by atoms with Crippen molar-refractivity contribution < 1.29 is 14.6 Å². The molecule has 0 amide bonds. The van der Waals surface area contributed by atoms with Crippen LogP contribution in [0.3, 0.4) is 0 Å². The van der Waals surface area contributed by atoms with Crippen LogP contribution >= 0.6 is 11.6 Å². The number of halogens is 1. The van der Waals surface area contributed by atoms with E-state index < -0.39 is 11.5 Å². The normalized spacial score (nSPS) is 25.2. The summed E-state index contributed by atoms with van der Waals surface area (Å²) in [5.41, 5.74) is 2.57. The van der Waals surface area contributed by atoms with Crippen LogP contribution in [0.4, 0.5) is 5.69 Å². The van der Waals surface area contributed by atoms with Crippen LogP contribution in [0.5, 0.6) is 5.75 Å². The number of carboxylic acid groups (broad SMARTS) is 1. The van der Waals surface area contributed by atoms with E-state index >= 15 is 0 Å². The van der Waals surface area contributed by atoms with Crippen molar-refractivity contribution in [2.24, 2.45) is 17.8 Å². The fourth-order valence-corrected chi connectivity index (χ4v) is 6.93. The Labute approximate surface area is 230 Å². The number of ether oxygens (including phenoxy) is 1. The van der Waals surface area contributed by atoms with E-state index in [0.717, 1.165) is 37.1 Å². The lowest BCUT2D eigenvalue weighted by atomic mass is 9.59. The average molecular weight is 533 g/mol. The molecule has 0 bridgehead atoms. The third-order valence-corrected chi connectivity index (χ3v) is 9.28. The molecule has 1 saturated carbocycles. The highest BCUT2D eigenvalue weighted by molar-refractivity contribution is 6.30. The minimum absolute atomic E-state index is 0.0208. The number of aliphatic carboxylic acids is 1. The summed E-state index contributed by atoms with van der Waals surface area (Å²) in [5.74, 6) is 1.32. The van der Waals surface area contributed by atoms with Crippen LogP contribution in [0, 0.1) is 17.8 Å². The van der Waals surface area contributed by atoms with Crippen LogP contribution in [0.2, 0.25) is 5.02 Å². The topological polar surface area (TPSA) is 71.5 Å². The minimum Gasteiger partial charge on any atom is -0.492 e. The molecular weight excluding hydrogens is 496 g/mol. The molecule has 0 radical (unpaired) electrons. The van der Waals surface area contributed by atoms with Gasteiger partial charge in [0.05, 0.1) is 12.8 Å². The Kier molecular flexibility index (Phi) is 7.67. The van der Waals surface area contributed by atoms with Gasteiger partial charge in [0.1, 0.15) is 11.3 Å². The van der Waals surface area contributed by atoms with Crippen LogP contribution < -0.4 is 10.1 Å². The van der Waals surface area contributed by atoms with E-state index in [2.05, 4.69) is 48.4 Å². The zero-order valence-corrected chi connectivity index (χ0v) is 23.0. The Morgan fingerprint density at radius 3 is 2.58 bits per heavy atom. The first-order valence-corrected chi connectivity index (χ1v) is 14.1. The number of carboxylic acids is 1. The number of nitrogens with zero attached hydrogens (tertiary/aromatic N) is 1. The van der Waals surface area contributed by atoms with E-state index in [-0.39, 0.29) is 5.41 Å². The number of carbonyl (C=O) groups is 1. The fourth-order valence-electron chi connectivity index (χ4n) is 6.74. The molecule has 1 spiro atoms. The van der Waals surface area contributed by atoms with Crippen LogP contribution in [-0.2, 0) is 16.6 Å². The van der Waals surface area contributed by atoms with E-state index in [1.807, 2.05) is 24.3 Å². The van der Waals surface area contributed by atoms with Gasteiger partial charge in [-0.25, -0.2) is 4.79 Å². The van der Waals surface area contributed by atoms with Gasteiger partial charge in [-0.05, 0) is 103 Å². The molecule has 5 nitrogen and oxygen atoms in total. The standard InChI is InChI=1S/C32H37ClN2O3/c1-22(2)24(21-38-28-10-6-16-34-20-28)18-25-17-23-7-3-4-11-29(23)31(25)12-14-32(15-13-31,30(36)37)35-27-9-5-8-26(33)19-27/h3-11,16,19-20,22,24-25,35H,12-15,17-18,21H2,1-2H3,(H,36,37)/t24-,25-,31?,32?/m1/s1. The van der Waals surface area contributed by atoms with Gasteiger partial charge in [-0.3, -0.25) is 4.98 Å². The second-order valence-corrected chi connectivity index (χ2v) is 11.9. The highest BCUT2D eigenvalue weighted by atomic mass is 35.5. The van der Waals surface area contributed by atoms with Crippen molar-refractivity contribution in [3.63, 3.8) is 0 Å². The lowest BCUT2D eigenvalue weighted by Gasteiger charge is -2.47. The monoisotopic (exact) mass is 532 g/mol. The number of hydrogen-bond acceptors (Lipinski definition) is 4. The molecule has 5 rings (SSSR count). The van der Waals surface area contributed by atoms with Gasteiger partial charge in [-0.2, -0.15) is 0 Å². The van der Waals surface area contributed by atoms with Crippen LogP contribution in [0.15, 0.2) is 73.1 Å². The van der Waals surface area contributed by atoms with Gasteiger partial charge in [-0.1, -0.05) is 55.8 Å². The third-order valence-electron chi connectivity index (χ3n) is 9.04. The molecule has 1 aromatic heterocycles. The maximum atomic E-state index is 12.7. The Morgan fingerprint density at radius 2 is 1.89 bits per heavy atom. The molecule has 1 fully saturated rings. The van der Waals surface area contributed by atoms with Crippen molar-refractivity contribution in [1.29, 1.82) is 0 Å². The third kappa shape index (κ3) is 5.26. The number of rotatable bonds is 9. The molecule has 200 valence electrons. The minimum atomic E-state index is -1.00. The molecule has 1 heterocycles. The summed E-state index contributed by atoms with van der Waals surface area (Å²) in [4.78, 5) is 16.8. The Bertz CT molecular complexity index is 1250. The van der Waals surface area contributed by atoms with E-state index in [9.17, 15) is 9.90 Å². The molecule has 2 aliphatic carbocycles. The molecule has 6 heteroatoms. The van der Waals surface area contributed by atoms with Gasteiger partial charge >= 0.3 is 5.97 Å². The maximum absolute atomic E-state index is 12.7. The SMILES string of the molecule is CC(C)[C@@H](COc1cccnc1)C[C@H]1Cc2ccccc2C12CCC(Nc1cccc(Cl)c1)(C(=O)O)CC2. The zero-order chi connectivity index (χ0) is 26.8. The quantitative estimate of drug-likeness (QED) is 0.300. The molecule has 2 aliphatic rings. The second kappa shape index (κ2) is 11.0.